The Hall–Kier alpha value is -0.640. The van der Waals surface area contributed by atoms with Gasteiger partial charge in [0.25, 0.3) is 0 Å². The summed E-state index contributed by atoms with van der Waals surface area (Å²) in [4.78, 5) is 6.60. The van der Waals surface area contributed by atoms with E-state index in [-0.39, 0.29) is 0 Å². The first-order chi connectivity index (χ1) is 7.66. The maximum Gasteiger partial charge on any atom is 0.0703 e. The zero-order valence-corrected chi connectivity index (χ0v) is 10.4. The van der Waals surface area contributed by atoms with Gasteiger partial charge in [0.05, 0.1) is 11.8 Å². The van der Waals surface area contributed by atoms with E-state index in [9.17, 15) is 0 Å². The Kier molecular flexibility index (Phi) is 3.79. The van der Waals surface area contributed by atoms with Gasteiger partial charge in [-0.2, -0.15) is 0 Å². The summed E-state index contributed by atoms with van der Waals surface area (Å²) in [7, 11) is 2.11. The van der Waals surface area contributed by atoms with Gasteiger partial charge in [0.15, 0.2) is 0 Å². The quantitative estimate of drug-likeness (QED) is 0.811. The molecule has 2 heterocycles. The summed E-state index contributed by atoms with van der Waals surface area (Å²) in [5.74, 6) is 0. The Morgan fingerprint density at radius 3 is 3.06 bits per heavy atom. The molecular weight excluding hydrogens is 224 g/mol. The fraction of sp³-hybridized carbons (Fsp3) is 0.583. The zero-order valence-electron chi connectivity index (χ0n) is 9.69. The molecule has 0 N–H and O–H groups in total. The van der Waals surface area contributed by atoms with Crippen molar-refractivity contribution in [2.45, 2.75) is 32.0 Å². The van der Waals surface area contributed by atoms with Gasteiger partial charge in [-0.15, -0.1) is 0 Å². The lowest BCUT2D eigenvalue weighted by Crippen LogP contribution is -2.36. The summed E-state index contributed by atoms with van der Waals surface area (Å²) in [6.07, 6.45) is 3.15. The van der Waals surface area contributed by atoms with Gasteiger partial charge in [0.1, 0.15) is 0 Å². The van der Waals surface area contributed by atoms with Crippen LogP contribution in [0.2, 0.25) is 5.02 Å². The molecule has 0 aliphatic carbocycles. The lowest BCUT2D eigenvalue weighted by atomic mass is 10.1. The minimum Gasteiger partial charge on any atom is -0.377 e. The number of halogens is 1. The predicted molar refractivity (Wildman–Crippen MR) is 64.5 cm³/mol. The van der Waals surface area contributed by atoms with Gasteiger partial charge in [-0.25, -0.2) is 0 Å². The monoisotopic (exact) mass is 240 g/mol. The third kappa shape index (κ3) is 2.73. The summed E-state index contributed by atoms with van der Waals surface area (Å²) in [5.41, 5.74) is 1.01. The lowest BCUT2D eigenvalue weighted by Gasteiger charge is -2.26. The molecule has 1 aromatic rings. The van der Waals surface area contributed by atoms with Crippen LogP contribution in [0.4, 0.5) is 0 Å². The van der Waals surface area contributed by atoms with Gasteiger partial charge in [-0.1, -0.05) is 11.6 Å². The van der Waals surface area contributed by atoms with E-state index in [0.717, 1.165) is 30.3 Å². The molecular formula is C12H17ClN2O. The molecule has 2 unspecified atom stereocenters. The fourth-order valence-electron chi connectivity index (χ4n) is 2.21. The number of rotatable bonds is 3. The Labute approximate surface area is 101 Å². The highest BCUT2D eigenvalue weighted by Gasteiger charge is 2.27. The average molecular weight is 241 g/mol. The number of hydrogen-bond acceptors (Lipinski definition) is 3. The van der Waals surface area contributed by atoms with Gasteiger partial charge in [-0.05, 0) is 32.5 Å². The first kappa shape index (κ1) is 11.8. The van der Waals surface area contributed by atoms with Crippen LogP contribution < -0.4 is 0 Å². The normalized spacial score (nSPS) is 25.2. The summed E-state index contributed by atoms with van der Waals surface area (Å²) >= 11 is 5.93. The van der Waals surface area contributed by atoms with Crippen LogP contribution in [0.3, 0.4) is 0 Å². The highest BCUT2D eigenvalue weighted by molar-refractivity contribution is 6.30. The van der Waals surface area contributed by atoms with E-state index in [1.54, 1.807) is 12.3 Å². The largest absolute Gasteiger partial charge is 0.377 e. The van der Waals surface area contributed by atoms with E-state index >= 15 is 0 Å². The van der Waals surface area contributed by atoms with Crippen LogP contribution in [0.1, 0.15) is 19.0 Å². The summed E-state index contributed by atoms with van der Waals surface area (Å²) in [6, 6.07) is 4.20. The lowest BCUT2D eigenvalue weighted by molar-refractivity contribution is 0.0810. The highest BCUT2D eigenvalue weighted by atomic mass is 35.5. The minimum atomic E-state index is 0.309. The van der Waals surface area contributed by atoms with E-state index in [1.165, 1.54) is 0 Å². The first-order valence-electron chi connectivity index (χ1n) is 5.59. The number of nitrogens with zero attached hydrogens (tertiary/aromatic N) is 2. The number of hydrogen-bond donors (Lipinski definition) is 0. The highest BCUT2D eigenvalue weighted by Crippen LogP contribution is 2.20. The van der Waals surface area contributed by atoms with Crippen LogP contribution in [0.25, 0.3) is 0 Å². The Morgan fingerprint density at radius 2 is 2.44 bits per heavy atom. The molecule has 0 bridgehead atoms. The van der Waals surface area contributed by atoms with E-state index in [2.05, 4.69) is 23.9 Å². The summed E-state index contributed by atoms with van der Waals surface area (Å²) in [6.45, 7) is 3.80. The van der Waals surface area contributed by atoms with Crippen molar-refractivity contribution >= 4 is 11.6 Å². The van der Waals surface area contributed by atoms with Gasteiger partial charge in [-0.3, -0.25) is 9.88 Å². The van der Waals surface area contributed by atoms with Crippen molar-refractivity contribution in [2.75, 3.05) is 13.7 Å². The van der Waals surface area contributed by atoms with Crippen LogP contribution in [-0.2, 0) is 11.3 Å². The van der Waals surface area contributed by atoms with E-state index in [1.807, 2.05) is 6.07 Å². The van der Waals surface area contributed by atoms with E-state index < -0.39 is 0 Å². The maximum absolute atomic E-state index is 5.93. The van der Waals surface area contributed by atoms with Gasteiger partial charge in [0.2, 0.25) is 0 Å². The van der Waals surface area contributed by atoms with Gasteiger partial charge in [0, 0.05) is 30.4 Å². The minimum absolute atomic E-state index is 0.309. The number of ether oxygens (including phenoxy) is 1. The molecule has 0 amide bonds. The predicted octanol–water partition coefficient (Wildman–Crippen LogP) is 2.34. The van der Waals surface area contributed by atoms with Crippen LogP contribution in [0.15, 0.2) is 18.3 Å². The van der Waals surface area contributed by atoms with Crippen molar-refractivity contribution in [3.63, 3.8) is 0 Å². The molecule has 2 rings (SSSR count). The van der Waals surface area contributed by atoms with Crippen molar-refractivity contribution in [3.05, 3.63) is 29.0 Å². The van der Waals surface area contributed by atoms with E-state index in [0.29, 0.717) is 12.1 Å². The third-order valence-corrected chi connectivity index (χ3v) is 3.33. The van der Waals surface area contributed by atoms with Crippen LogP contribution >= 0.6 is 11.6 Å². The maximum atomic E-state index is 5.93. The molecule has 0 aromatic carbocycles. The standard InChI is InChI=1S/C12H17ClN2O/c1-9-12(4-6-16-9)15(2)8-11-7-10(13)3-5-14-11/h3,5,7,9,12H,4,6,8H2,1-2H3. The van der Waals surface area contributed by atoms with Crippen molar-refractivity contribution in [3.8, 4) is 0 Å². The Morgan fingerprint density at radius 1 is 1.62 bits per heavy atom. The molecule has 1 aliphatic rings. The molecule has 1 aromatic heterocycles. The number of aromatic nitrogens is 1. The summed E-state index contributed by atoms with van der Waals surface area (Å²) < 4.78 is 5.56. The van der Waals surface area contributed by atoms with Crippen molar-refractivity contribution in [2.24, 2.45) is 0 Å². The number of likely N-dealkylation sites (N-methyl/N-ethyl adjacent to an activating group) is 1. The molecule has 1 aliphatic heterocycles. The molecule has 0 saturated carbocycles. The second-order valence-electron chi connectivity index (χ2n) is 4.31. The smallest absolute Gasteiger partial charge is 0.0703 e. The van der Waals surface area contributed by atoms with Gasteiger partial charge >= 0.3 is 0 Å². The Bertz CT molecular complexity index is 359. The topological polar surface area (TPSA) is 25.4 Å². The molecule has 88 valence electrons. The fourth-order valence-corrected chi connectivity index (χ4v) is 2.39. The summed E-state index contributed by atoms with van der Waals surface area (Å²) in [5, 5.41) is 0.745. The molecule has 0 spiro atoms. The second kappa shape index (κ2) is 5.13. The molecule has 4 heteroatoms. The van der Waals surface area contributed by atoms with Gasteiger partial charge < -0.3 is 4.74 Å². The van der Waals surface area contributed by atoms with Crippen molar-refractivity contribution < 1.29 is 4.74 Å². The third-order valence-electron chi connectivity index (χ3n) is 3.09. The molecule has 2 atom stereocenters. The van der Waals surface area contributed by atoms with Crippen LogP contribution in [-0.4, -0.2) is 35.7 Å². The average Bonchev–Trinajstić information content (AvgIpc) is 2.64. The van der Waals surface area contributed by atoms with Crippen LogP contribution in [0.5, 0.6) is 0 Å². The zero-order chi connectivity index (χ0) is 11.5. The molecule has 3 nitrogen and oxygen atoms in total. The SMILES string of the molecule is CC1OCCC1N(C)Cc1cc(Cl)ccn1. The van der Waals surface area contributed by atoms with E-state index in [4.69, 9.17) is 16.3 Å². The van der Waals surface area contributed by atoms with Crippen molar-refractivity contribution in [1.82, 2.24) is 9.88 Å². The second-order valence-corrected chi connectivity index (χ2v) is 4.75. The number of pyridine rings is 1. The first-order valence-corrected chi connectivity index (χ1v) is 5.97. The van der Waals surface area contributed by atoms with Crippen molar-refractivity contribution in [1.29, 1.82) is 0 Å². The molecule has 1 fully saturated rings. The molecule has 0 radical (unpaired) electrons. The molecule has 16 heavy (non-hydrogen) atoms. The van der Waals surface area contributed by atoms with Crippen LogP contribution in [0, 0.1) is 0 Å². The molecule has 1 saturated heterocycles. The Balaban J connectivity index is 1.99.